The monoisotopic (exact) mass is 356 g/mol. The minimum Gasteiger partial charge on any atom is -0.489 e. The molecule has 0 spiro atoms. The third-order valence-electron chi connectivity index (χ3n) is 3.87. The van der Waals surface area contributed by atoms with Crippen LogP contribution in [-0.4, -0.2) is 31.1 Å². The highest BCUT2D eigenvalue weighted by Crippen LogP contribution is 2.30. The van der Waals surface area contributed by atoms with Crippen molar-refractivity contribution in [2.45, 2.75) is 45.3 Å². The molecule has 134 valence electrons. The fraction of sp³-hybridized carbons (Fsp3) is 0.529. The molecule has 6 nitrogen and oxygen atoms in total. The topological polar surface area (TPSA) is 90.6 Å². The van der Waals surface area contributed by atoms with Crippen LogP contribution < -0.4 is 15.8 Å². The lowest BCUT2D eigenvalue weighted by molar-refractivity contribution is -0.119. The van der Waals surface area contributed by atoms with Gasteiger partial charge in [-0.2, -0.15) is 0 Å². The molecule has 1 aliphatic carbocycles. The van der Waals surface area contributed by atoms with Crippen LogP contribution in [-0.2, 0) is 9.53 Å². The van der Waals surface area contributed by atoms with Crippen molar-refractivity contribution in [2.24, 2.45) is 11.7 Å². The van der Waals surface area contributed by atoms with E-state index in [1.807, 2.05) is 13.8 Å². The lowest BCUT2D eigenvalue weighted by Gasteiger charge is -2.17. The molecule has 2 rings (SSSR count). The number of nitrogens with two attached hydrogens (primary N) is 1. The molecule has 1 saturated carbocycles. The molecule has 24 heavy (non-hydrogen) atoms. The molecule has 0 aromatic heterocycles. The van der Waals surface area contributed by atoms with Crippen molar-refractivity contribution < 1.29 is 19.1 Å². The number of halogens is 1. The first-order chi connectivity index (χ1) is 10.9. The molecule has 0 heterocycles. The van der Waals surface area contributed by atoms with E-state index in [1.54, 1.807) is 18.2 Å². The average Bonchev–Trinajstić information content (AvgIpc) is 2.94. The van der Waals surface area contributed by atoms with Crippen LogP contribution >= 0.6 is 12.4 Å². The van der Waals surface area contributed by atoms with Gasteiger partial charge in [-0.1, -0.05) is 0 Å². The number of amides is 1. The van der Waals surface area contributed by atoms with Crippen molar-refractivity contribution in [2.75, 3.05) is 12.4 Å². The van der Waals surface area contributed by atoms with Crippen LogP contribution in [0.25, 0.3) is 0 Å². The summed E-state index contributed by atoms with van der Waals surface area (Å²) in [6.45, 7) is 3.80. The van der Waals surface area contributed by atoms with Gasteiger partial charge in [0.2, 0.25) is 5.91 Å². The number of nitrogens with one attached hydrogen (secondary N) is 1. The first-order valence-corrected chi connectivity index (χ1v) is 7.86. The van der Waals surface area contributed by atoms with Crippen LogP contribution in [0.3, 0.4) is 0 Å². The standard InChI is InChI=1S/C17H24N2O4.ClH/c1-10(2)23-15-7-5-12(17(21)22-3)9-14(15)19-16(20)11-4-6-13(18)8-11;/h5,7,9-11,13H,4,6,8,18H2,1-3H3,(H,19,20);1H. The lowest BCUT2D eigenvalue weighted by atomic mass is 10.1. The van der Waals surface area contributed by atoms with Gasteiger partial charge in [0.15, 0.2) is 0 Å². The second-order valence-corrected chi connectivity index (χ2v) is 6.13. The average molecular weight is 357 g/mol. The van der Waals surface area contributed by atoms with E-state index in [1.165, 1.54) is 7.11 Å². The summed E-state index contributed by atoms with van der Waals surface area (Å²) in [4.78, 5) is 24.1. The van der Waals surface area contributed by atoms with Crippen LogP contribution in [0.4, 0.5) is 5.69 Å². The molecule has 0 aliphatic heterocycles. The molecule has 0 bridgehead atoms. The largest absolute Gasteiger partial charge is 0.489 e. The Morgan fingerprint density at radius 1 is 1.29 bits per heavy atom. The number of hydrogen-bond donors (Lipinski definition) is 2. The summed E-state index contributed by atoms with van der Waals surface area (Å²) < 4.78 is 10.4. The Hall–Kier alpha value is -1.79. The maximum Gasteiger partial charge on any atom is 0.337 e. The van der Waals surface area contributed by atoms with Crippen molar-refractivity contribution in [3.05, 3.63) is 23.8 Å². The molecule has 3 N–H and O–H groups in total. The Balaban J connectivity index is 0.00000288. The summed E-state index contributed by atoms with van der Waals surface area (Å²) in [5.74, 6) is -0.116. The van der Waals surface area contributed by atoms with Gasteiger partial charge in [-0.15, -0.1) is 12.4 Å². The van der Waals surface area contributed by atoms with E-state index >= 15 is 0 Å². The Kier molecular flexibility index (Phi) is 7.51. The number of rotatable bonds is 5. The van der Waals surface area contributed by atoms with E-state index < -0.39 is 5.97 Å². The highest BCUT2D eigenvalue weighted by Gasteiger charge is 2.28. The first kappa shape index (κ1) is 20.3. The Labute approximate surface area is 148 Å². The van der Waals surface area contributed by atoms with Crippen molar-refractivity contribution in [3.8, 4) is 5.75 Å². The summed E-state index contributed by atoms with van der Waals surface area (Å²) in [6, 6.07) is 4.95. The number of anilines is 1. The van der Waals surface area contributed by atoms with E-state index in [4.69, 9.17) is 15.2 Å². The summed E-state index contributed by atoms with van der Waals surface area (Å²) in [5, 5.41) is 2.87. The lowest BCUT2D eigenvalue weighted by Crippen LogP contribution is -2.24. The van der Waals surface area contributed by atoms with Gasteiger partial charge in [0.25, 0.3) is 0 Å². The number of methoxy groups -OCH3 is 1. The number of esters is 1. The van der Waals surface area contributed by atoms with Gasteiger partial charge in [0.05, 0.1) is 24.5 Å². The summed E-state index contributed by atoms with van der Waals surface area (Å²) in [7, 11) is 1.32. The molecule has 0 radical (unpaired) electrons. The number of ether oxygens (including phenoxy) is 2. The highest BCUT2D eigenvalue weighted by atomic mass is 35.5. The molecule has 1 aromatic carbocycles. The molecule has 1 aliphatic rings. The third-order valence-corrected chi connectivity index (χ3v) is 3.87. The molecule has 1 amide bonds. The van der Waals surface area contributed by atoms with Gasteiger partial charge in [-0.3, -0.25) is 4.79 Å². The van der Waals surface area contributed by atoms with Gasteiger partial charge in [-0.25, -0.2) is 4.79 Å². The molecule has 2 unspecified atom stereocenters. The summed E-state index contributed by atoms with van der Waals surface area (Å²) in [5.41, 5.74) is 6.71. The molecule has 1 fully saturated rings. The van der Waals surface area contributed by atoms with Crippen molar-refractivity contribution in [1.29, 1.82) is 0 Å². The molecular formula is C17H25ClN2O4. The zero-order valence-electron chi connectivity index (χ0n) is 14.2. The van der Waals surface area contributed by atoms with Crippen LogP contribution in [0.15, 0.2) is 18.2 Å². The fourth-order valence-electron chi connectivity index (χ4n) is 2.72. The Morgan fingerprint density at radius 3 is 2.54 bits per heavy atom. The van der Waals surface area contributed by atoms with Gasteiger partial charge in [-0.05, 0) is 51.3 Å². The molecular weight excluding hydrogens is 332 g/mol. The van der Waals surface area contributed by atoms with Crippen LogP contribution in [0, 0.1) is 5.92 Å². The second-order valence-electron chi connectivity index (χ2n) is 6.13. The minimum absolute atomic E-state index is 0. The van der Waals surface area contributed by atoms with E-state index in [9.17, 15) is 9.59 Å². The normalized spacial score (nSPS) is 19.5. The van der Waals surface area contributed by atoms with Gasteiger partial charge in [0.1, 0.15) is 5.75 Å². The summed E-state index contributed by atoms with van der Waals surface area (Å²) in [6.07, 6.45) is 2.28. The van der Waals surface area contributed by atoms with Crippen molar-refractivity contribution in [3.63, 3.8) is 0 Å². The molecule has 2 atom stereocenters. The predicted octanol–water partition coefficient (Wildman–Crippen LogP) is 2.75. The zero-order chi connectivity index (χ0) is 17.0. The minimum atomic E-state index is -0.459. The Bertz CT molecular complexity index is 592. The maximum atomic E-state index is 12.4. The van der Waals surface area contributed by atoms with Crippen molar-refractivity contribution in [1.82, 2.24) is 0 Å². The molecule has 7 heteroatoms. The fourth-order valence-corrected chi connectivity index (χ4v) is 2.72. The first-order valence-electron chi connectivity index (χ1n) is 7.86. The van der Waals surface area contributed by atoms with E-state index in [0.29, 0.717) is 23.4 Å². The summed E-state index contributed by atoms with van der Waals surface area (Å²) >= 11 is 0. The van der Waals surface area contributed by atoms with E-state index in [0.717, 1.165) is 12.8 Å². The smallest absolute Gasteiger partial charge is 0.337 e. The third kappa shape index (κ3) is 5.11. The number of carbonyl (C=O) groups is 2. The number of hydrogen-bond acceptors (Lipinski definition) is 5. The van der Waals surface area contributed by atoms with E-state index in [2.05, 4.69) is 5.32 Å². The maximum absolute atomic E-state index is 12.4. The second kappa shape index (κ2) is 8.89. The number of carbonyl (C=O) groups excluding carboxylic acids is 2. The van der Waals surface area contributed by atoms with Crippen molar-refractivity contribution >= 4 is 30.0 Å². The number of benzene rings is 1. The van der Waals surface area contributed by atoms with Crippen LogP contribution in [0.2, 0.25) is 0 Å². The molecule has 1 aromatic rings. The molecule has 0 saturated heterocycles. The predicted molar refractivity (Wildman–Crippen MR) is 94.7 cm³/mol. The Morgan fingerprint density at radius 2 is 2.00 bits per heavy atom. The zero-order valence-corrected chi connectivity index (χ0v) is 15.0. The van der Waals surface area contributed by atoms with Crippen LogP contribution in [0.1, 0.15) is 43.5 Å². The van der Waals surface area contributed by atoms with Gasteiger partial charge in [0, 0.05) is 12.0 Å². The van der Waals surface area contributed by atoms with Crippen LogP contribution in [0.5, 0.6) is 5.75 Å². The quantitative estimate of drug-likeness (QED) is 0.791. The SMILES string of the molecule is COC(=O)c1ccc(OC(C)C)c(NC(=O)C2CCC(N)C2)c1.Cl. The van der Waals surface area contributed by atoms with E-state index in [-0.39, 0.29) is 36.4 Å². The van der Waals surface area contributed by atoms with Gasteiger partial charge < -0.3 is 20.5 Å². The van der Waals surface area contributed by atoms with Gasteiger partial charge >= 0.3 is 5.97 Å². The highest BCUT2D eigenvalue weighted by molar-refractivity contribution is 5.97.